The number of rotatable bonds is 2. The Bertz CT molecular complexity index is 320. The van der Waals surface area contributed by atoms with Gasteiger partial charge in [-0.3, -0.25) is 4.57 Å². The summed E-state index contributed by atoms with van der Waals surface area (Å²) in [6.07, 6.45) is -0.214. The molecule has 0 amide bonds. The third-order valence-corrected chi connectivity index (χ3v) is 2.86. The van der Waals surface area contributed by atoms with E-state index in [9.17, 15) is 4.57 Å². The molecule has 0 aromatic heterocycles. The normalized spacial score (nSPS) is 11.6. The maximum atomic E-state index is 10.6. The summed E-state index contributed by atoms with van der Waals surface area (Å²) in [6.45, 7) is 0. The molecule has 1 aromatic carbocycles. The van der Waals surface area contributed by atoms with Gasteiger partial charge < -0.3 is 9.79 Å². The molecule has 0 aliphatic rings. The van der Waals surface area contributed by atoms with Crippen LogP contribution in [0.4, 0.5) is 0 Å². The van der Waals surface area contributed by atoms with Crippen molar-refractivity contribution in [1.82, 2.24) is 0 Å². The van der Waals surface area contributed by atoms with E-state index in [0.717, 1.165) is 4.47 Å². The van der Waals surface area contributed by atoms with E-state index in [2.05, 4.69) is 15.9 Å². The minimum atomic E-state index is -3.94. The quantitative estimate of drug-likeness (QED) is 0.791. The van der Waals surface area contributed by atoms with Crippen LogP contribution in [0.25, 0.3) is 0 Å². The van der Waals surface area contributed by atoms with E-state index in [1.165, 1.54) is 0 Å². The predicted molar refractivity (Wildman–Crippen MR) is 49.9 cm³/mol. The standard InChI is InChI=1S/C7H8BrO3P/c8-7-4-2-1-3-6(7)5-12(9,10)11/h1-4H,5H2,(H2,9,10,11). The SMILES string of the molecule is O=P(O)(O)Cc1ccccc1Br. The van der Waals surface area contributed by atoms with Gasteiger partial charge in [0, 0.05) is 4.47 Å². The van der Waals surface area contributed by atoms with Crippen molar-refractivity contribution in [2.75, 3.05) is 0 Å². The molecule has 1 rings (SSSR count). The molecule has 0 saturated carbocycles. The summed E-state index contributed by atoms with van der Waals surface area (Å²) in [5, 5.41) is 0. The molecule has 2 N–H and O–H groups in total. The first-order chi connectivity index (χ1) is 5.49. The van der Waals surface area contributed by atoms with Gasteiger partial charge in [0.05, 0.1) is 6.16 Å². The van der Waals surface area contributed by atoms with Gasteiger partial charge in [0.2, 0.25) is 0 Å². The molecule has 0 aliphatic heterocycles. The lowest BCUT2D eigenvalue weighted by Gasteiger charge is -2.04. The van der Waals surface area contributed by atoms with Crippen LogP contribution in [0.5, 0.6) is 0 Å². The number of halogens is 1. The van der Waals surface area contributed by atoms with Gasteiger partial charge in [-0.05, 0) is 11.6 Å². The summed E-state index contributed by atoms with van der Waals surface area (Å²) >= 11 is 3.21. The zero-order chi connectivity index (χ0) is 9.19. The summed E-state index contributed by atoms with van der Waals surface area (Å²) in [7, 11) is -3.94. The molecule has 5 heteroatoms. The molecule has 0 heterocycles. The van der Waals surface area contributed by atoms with Crippen LogP contribution in [0.15, 0.2) is 28.7 Å². The van der Waals surface area contributed by atoms with Gasteiger partial charge in [-0.2, -0.15) is 0 Å². The summed E-state index contributed by atoms with van der Waals surface area (Å²) in [4.78, 5) is 17.4. The van der Waals surface area contributed by atoms with Gasteiger partial charge >= 0.3 is 7.60 Å². The van der Waals surface area contributed by atoms with Gasteiger partial charge in [-0.25, -0.2) is 0 Å². The highest BCUT2D eigenvalue weighted by Gasteiger charge is 2.15. The van der Waals surface area contributed by atoms with E-state index in [1.54, 1.807) is 24.3 Å². The van der Waals surface area contributed by atoms with Crippen molar-refractivity contribution in [3.05, 3.63) is 34.3 Å². The van der Waals surface area contributed by atoms with E-state index in [4.69, 9.17) is 9.79 Å². The van der Waals surface area contributed by atoms with Crippen LogP contribution < -0.4 is 0 Å². The summed E-state index contributed by atoms with van der Waals surface area (Å²) in [6, 6.07) is 6.98. The molecule has 1 aromatic rings. The molecule has 3 nitrogen and oxygen atoms in total. The Morgan fingerprint density at radius 3 is 2.42 bits per heavy atom. The van der Waals surface area contributed by atoms with Crippen molar-refractivity contribution in [2.45, 2.75) is 6.16 Å². The molecule has 66 valence electrons. The Labute approximate surface area is 78.7 Å². The third-order valence-electron chi connectivity index (χ3n) is 1.33. The fraction of sp³-hybridized carbons (Fsp3) is 0.143. The van der Waals surface area contributed by atoms with Gasteiger partial charge in [0.25, 0.3) is 0 Å². The summed E-state index contributed by atoms with van der Waals surface area (Å²) in [5.41, 5.74) is 0.630. The fourth-order valence-electron chi connectivity index (χ4n) is 0.849. The van der Waals surface area contributed by atoms with Gasteiger partial charge in [-0.1, -0.05) is 34.1 Å². The Kier molecular flexibility index (Phi) is 3.07. The maximum Gasteiger partial charge on any atom is 0.329 e. The van der Waals surface area contributed by atoms with Crippen LogP contribution in [-0.2, 0) is 10.7 Å². The minimum absolute atomic E-state index is 0.214. The zero-order valence-electron chi connectivity index (χ0n) is 6.14. The highest BCUT2D eigenvalue weighted by atomic mass is 79.9. The van der Waals surface area contributed by atoms with Crippen LogP contribution >= 0.6 is 23.5 Å². The molecular weight excluding hydrogens is 243 g/mol. The average molecular weight is 251 g/mol. The topological polar surface area (TPSA) is 57.5 Å². The molecule has 12 heavy (non-hydrogen) atoms. The largest absolute Gasteiger partial charge is 0.329 e. The molecule has 0 aliphatic carbocycles. The van der Waals surface area contributed by atoms with E-state index < -0.39 is 7.60 Å². The van der Waals surface area contributed by atoms with Crippen LogP contribution in [0, 0.1) is 0 Å². The van der Waals surface area contributed by atoms with Gasteiger partial charge in [-0.15, -0.1) is 0 Å². The summed E-state index contributed by atoms with van der Waals surface area (Å²) < 4.78 is 11.4. The highest BCUT2D eigenvalue weighted by Crippen LogP contribution is 2.40. The first-order valence-corrected chi connectivity index (χ1v) is 5.86. The highest BCUT2D eigenvalue weighted by molar-refractivity contribution is 9.10. The van der Waals surface area contributed by atoms with E-state index >= 15 is 0 Å². The van der Waals surface area contributed by atoms with Crippen LogP contribution in [-0.4, -0.2) is 9.79 Å². The van der Waals surface area contributed by atoms with E-state index in [0.29, 0.717) is 5.56 Å². The van der Waals surface area contributed by atoms with Crippen LogP contribution in [0.3, 0.4) is 0 Å². The van der Waals surface area contributed by atoms with Crippen molar-refractivity contribution >= 4 is 23.5 Å². The van der Waals surface area contributed by atoms with E-state index in [1.807, 2.05) is 0 Å². The monoisotopic (exact) mass is 250 g/mol. The number of benzene rings is 1. The third kappa shape index (κ3) is 3.07. The second-order valence-electron chi connectivity index (χ2n) is 2.41. The number of hydrogen-bond donors (Lipinski definition) is 2. The molecule has 0 unspecified atom stereocenters. The van der Waals surface area contributed by atoms with Crippen molar-refractivity contribution in [1.29, 1.82) is 0 Å². The van der Waals surface area contributed by atoms with Gasteiger partial charge in [0.1, 0.15) is 0 Å². The first kappa shape index (κ1) is 9.93. The molecule has 0 saturated heterocycles. The molecule has 0 spiro atoms. The molecule has 0 atom stereocenters. The lowest BCUT2D eigenvalue weighted by Crippen LogP contribution is -1.87. The Balaban J connectivity index is 2.90. The number of hydrogen-bond acceptors (Lipinski definition) is 1. The van der Waals surface area contributed by atoms with Crippen molar-refractivity contribution < 1.29 is 14.4 Å². The van der Waals surface area contributed by atoms with E-state index in [-0.39, 0.29) is 6.16 Å². The molecule has 0 radical (unpaired) electrons. The smallest absolute Gasteiger partial charge is 0.324 e. The molecular formula is C7H8BrO3P. The second-order valence-corrected chi connectivity index (χ2v) is 4.91. The van der Waals surface area contributed by atoms with Crippen molar-refractivity contribution in [3.8, 4) is 0 Å². The summed E-state index contributed by atoms with van der Waals surface area (Å²) in [5.74, 6) is 0. The van der Waals surface area contributed by atoms with Crippen molar-refractivity contribution in [3.63, 3.8) is 0 Å². The average Bonchev–Trinajstić information content (AvgIpc) is 1.91. The zero-order valence-corrected chi connectivity index (χ0v) is 8.62. The Morgan fingerprint density at radius 1 is 1.33 bits per heavy atom. The Morgan fingerprint density at radius 2 is 1.92 bits per heavy atom. The second kappa shape index (κ2) is 3.71. The minimum Gasteiger partial charge on any atom is -0.324 e. The maximum absolute atomic E-state index is 10.6. The molecule has 0 fully saturated rings. The van der Waals surface area contributed by atoms with Crippen LogP contribution in [0.1, 0.15) is 5.56 Å². The lowest BCUT2D eigenvalue weighted by molar-refractivity contribution is 0.371. The molecule has 0 bridgehead atoms. The Hall–Kier alpha value is -0.150. The van der Waals surface area contributed by atoms with Gasteiger partial charge in [0.15, 0.2) is 0 Å². The van der Waals surface area contributed by atoms with Crippen molar-refractivity contribution in [2.24, 2.45) is 0 Å². The fourth-order valence-corrected chi connectivity index (χ4v) is 2.21. The van der Waals surface area contributed by atoms with Crippen LogP contribution in [0.2, 0.25) is 0 Å². The first-order valence-electron chi connectivity index (χ1n) is 3.27. The lowest BCUT2D eigenvalue weighted by atomic mass is 10.2. The predicted octanol–water partition coefficient (Wildman–Crippen LogP) is 2.13.